The van der Waals surface area contributed by atoms with Gasteiger partial charge in [0.25, 0.3) is 0 Å². The summed E-state index contributed by atoms with van der Waals surface area (Å²) in [4.78, 5) is 27.2. The van der Waals surface area contributed by atoms with Gasteiger partial charge in [0, 0.05) is 26.2 Å². The SMILES string of the molecule is CC(C)(Nc1nc(-c2c[nH]c3ncccc23)ncc1F)C(=O)NCC(F)(F)F.[HH].[HH]. The van der Waals surface area contributed by atoms with E-state index in [1.807, 2.05) is 0 Å². The first-order valence-electron chi connectivity index (χ1n) is 8.15. The molecule has 28 heavy (non-hydrogen) atoms. The van der Waals surface area contributed by atoms with E-state index in [2.05, 4.69) is 25.3 Å². The predicted octanol–water partition coefficient (Wildman–Crippen LogP) is 3.52. The number of rotatable bonds is 5. The van der Waals surface area contributed by atoms with Crippen molar-refractivity contribution in [1.82, 2.24) is 25.3 Å². The van der Waals surface area contributed by atoms with Gasteiger partial charge in [-0.2, -0.15) is 13.2 Å². The molecule has 0 unspecified atom stereocenters. The molecule has 0 aliphatic rings. The Kier molecular flexibility index (Phi) is 4.92. The Labute approximate surface area is 159 Å². The molecule has 7 nitrogen and oxygen atoms in total. The highest BCUT2D eigenvalue weighted by Gasteiger charge is 2.34. The van der Waals surface area contributed by atoms with E-state index in [0.29, 0.717) is 16.6 Å². The van der Waals surface area contributed by atoms with E-state index in [-0.39, 0.29) is 14.5 Å². The van der Waals surface area contributed by atoms with Gasteiger partial charge in [0.2, 0.25) is 5.91 Å². The minimum absolute atomic E-state index is 0. The Morgan fingerprint density at radius 2 is 2.04 bits per heavy atom. The van der Waals surface area contributed by atoms with Crippen molar-refractivity contribution in [2.75, 3.05) is 11.9 Å². The minimum atomic E-state index is -4.55. The molecule has 3 heterocycles. The van der Waals surface area contributed by atoms with Gasteiger partial charge < -0.3 is 15.6 Å². The molecule has 0 atom stereocenters. The molecule has 3 aromatic rings. The van der Waals surface area contributed by atoms with Crippen LogP contribution in [0.25, 0.3) is 22.4 Å². The number of hydrogen-bond acceptors (Lipinski definition) is 5. The molecule has 0 saturated heterocycles. The van der Waals surface area contributed by atoms with E-state index >= 15 is 0 Å². The highest BCUT2D eigenvalue weighted by atomic mass is 19.4. The summed E-state index contributed by atoms with van der Waals surface area (Å²) in [5, 5.41) is 5.02. The molecule has 0 fully saturated rings. The lowest BCUT2D eigenvalue weighted by atomic mass is 10.0. The van der Waals surface area contributed by atoms with E-state index in [0.717, 1.165) is 6.20 Å². The van der Waals surface area contributed by atoms with Crippen molar-refractivity contribution in [3.05, 3.63) is 36.5 Å². The first-order chi connectivity index (χ1) is 13.1. The Balaban J connectivity index is 0.00000225. The van der Waals surface area contributed by atoms with Crippen LogP contribution in [0.1, 0.15) is 16.7 Å². The number of fused-ring (bicyclic) bond motifs is 1. The summed E-state index contributed by atoms with van der Waals surface area (Å²) < 4.78 is 51.1. The zero-order valence-electron chi connectivity index (χ0n) is 14.9. The average Bonchev–Trinajstić information content (AvgIpc) is 3.05. The maximum absolute atomic E-state index is 14.2. The van der Waals surface area contributed by atoms with Crippen LogP contribution in [0.15, 0.2) is 30.7 Å². The smallest absolute Gasteiger partial charge is 0.354 e. The number of alkyl halides is 3. The maximum Gasteiger partial charge on any atom is 0.405 e. The molecular formula is C17H20F4N6O. The van der Waals surface area contributed by atoms with Crippen molar-refractivity contribution in [3.8, 4) is 11.4 Å². The van der Waals surface area contributed by atoms with Crippen LogP contribution in [0.4, 0.5) is 23.4 Å². The highest BCUT2D eigenvalue weighted by molar-refractivity contribution is 5.92. The number of nitrogens with zero attached hydrogens (tertiary/aromatic N) is 3. The number of amides is 1. The fourth-order valence-corrected chi connectivity index (χ4v) is 2.48. The number of nitrogens with one attached hydrogen (secondary N) is 3. The molecule has 3 N–H and O–H groups in total. The van der Waals surface area contributed by atoms with Gasteiger partial charge in [-0.1, -0.05) is 0 Å². The Morgan fingerprint density at radius 3 is 2.75 bits per heavy atom. The standard InChI is InChI=1S/C17H16F4N6O.2H2/c1-16(2,15(28)25-8-17(19,20)21)27-14-11(18)7-24-13(26-14)10-6-23-12-9(10)4-3-5-22-12;;/h3-7H,8H2,1-2H3,(H,22,23)(H,25,28)(H,24,26,27);2*1H. The lowest BCUT2D eigenvalue weighted by molar-refractivity contribution is -0.140. The van der Waals surface area contributed by atoms with Gasteiger partial charge >= 0.3 is 6.18 Å². The molecule has 0 aliphatic carbocycles. The van der Waals surface area contributed by atoms with E-state index in [4.69, 9.17) is 0 Å². The molecule has 3 rings (SSSR count). The number of halogens is 4. The van der Waals surface area contributed by atoms with Gasteiger partial charge in [-0.15, -0.1) is 0 Å². The van der Waals surface area contributed by atoms with Crippen molar-refractivity contribution in [2.24, 2.45) is 0 Å². The van der Waals surface area contributed by atoms with E-state index in [9.17, 15) is 22.4 Å². The Morgan fingerprint density at radius 1 is 1.29 bits per heavy atom. The van der Waals surface area contributed by atoms with E-state index in [1.165, 1.54) is 13.8 Å². The van der Waals surface area contributed by atoms with Gasteiger partial charge in [-0.3, -0.25) is 4.79 Å². The number of pyridine rings is 1. The molecular weight excluding hydrogens is 380 g/mol. The second-order valence-corrected chi connectivity index (χ2v) is 6.54. The third kappa shape index (κ3) is 4.18. The zero-order chi connectivity index (χ0) is 20.5. The first-order valence-corrected chi connectivity index (χ1v) is 8.15. The Hall–Kier alpha value is -3.24. The lowest BCUT2D eigenvalue weighted by Crippen LogP contribution is -2.50. The number of carbonyl (C=O) groups excluding carboxylic acids is 1. The second kappa shape index (κ2) is 7.06. The minimum Gasteiger partial charge on any atom is -0.354 e. The lowest BCUT2D eigenvalue weighted by Gasteiger charge is -2.26. The van der Waals surface area contributed by atoms with Crippen LogP contribution in [0.5, 0.6) is 0 Å². The van der Waals surface area contributed by atoms with Gasteiger partial charge in [-0.25, -0.2) is 19.3 Å². The number of H-pyrrole nitrogens is 1. The molecule has 0 radical (unpaired) electrons. The molecule has 0 saturated carbocycles. The Bertz CT molecular complexity index is 1020. The number of anilines is 1. The summed E-state index contributed by atoms with van der Waals surface area (Å²) in [5.74, 6) is -1.95. The molecule has 1 amide bonds. The summed E-state index contributed by atoms with van der Waals surface area (Å²) in [7, 11) is 0. The summed E-state index contributed by atoms with van der Waals surface area (Å²) in [5.41, 5.74) is -0.406. The fourth-order valence-electron chi connectivity index (χ4n) is 2.48. The van der Waals surface area contributed by atoms with E-state index < -0.39 is 30.0 Å². The summed E-state index contributed by atoms with van der Waals surface area (Å²) >= 11 is 0. The number of hydrogen-bond donors (Lipinski definition) is 3. The quantitative estimate of drug-likeness (QED) is 0.570. The summed E-state index contributed by atoms with van der Waals surface area (Å²) in [6.07, 6.45) is -0.426. The van der Waals surface area contributed by atoms with Gasteiger partial charge in [0.15, 0.2) is 17.5 Å². The van der Waals surface area contributed by atoms with Crippen LogP contribution in [0.2, 0.25) is 0 Å². The number of aromatic nitrogens is 4. The predicted molar refractivity (Wildman–Crippen MR) is 98.1 cm³/mol. The van der Waals surface area contributed by atoms with Crippen molar-refractivity contribution in [1.29, 1.82) is 0 Å². The van der Waals surface area contributed by atoms with Crippen LogP contribution < -0.4 is 10.6 Å². The molecule has 0 bridgehead atoms. The van der Waals surface area contributed by atoms with Gasteiger partial charge in [-0.05, 0) is 26.0 Å². The molecule has 0 aliphatic heterocycles. The number of carbonyl (C=O) groups is 1. The van der Waals surface area contributed by atoms with Gasteiger partial charge in [0.05, 0.1) is 6.20 Å². The summed E-state index contributed by atoms with van der Waals surface area (Å²) in [6.45, 7) is 1.14. The maximum atomic E-state index is 14.2. The fraction of sp³-hybridized carbons (Fsp3) is 0.294. The monoisotopic (exact) mass is 400 g/mol. The molecule has 0 aromatic carbocycles. The van der Waals surface area contributed by atoms with Crippen LogP contribution in [0.3, 0.4) is 0 Å². The second-order valence-electron chi connectivity index (χ2n) is 6.54. The largest absolute Gasteiger partial charge is 0.405 e. The third-order valence-electron chi connectivity index (χ3n) is 3.88. The van der Waals surface area contributed by atoms with Crippen molar-refractivity contribution in [2.45, 2.75) is 25.6 Å². The topological polar surface area (TPSA) is 95.6 Å². The zero-order valence-corrected chi connectivity index (χ0v) is 14.9. The number of aromatic amines is 1. The third-order valence-corrected chi connectivity index (χ3v) is 3.88. The average molecular weight is 400 g/mol. The molecule has 11 heteroatoms. The van der Waals surface area contributed by atoms with Crippen LogP contribution in [-0.2, 0) is 4.79 Å². The van der Waals surface area contributed by atoms with Crippen molar-refractivity contribution in [3.63, 3.8) is 0 Å². The molecule has 0 spiro atoms. The molecule has 152 valence electrons. The van der Waals surface area contributed by atoms with E-state index in [1.54, 1.807) is 29.8 Å². The van der Waals surface area contributed by atoms with Crippen LogP contribution >= 0.6 is 0 Å². The molecule has 3 aromatic heterocycles. The summed E-state index contributed by atoms with van der Waals surface area (Å²) in [6, 6.07) is 3.50. The van der Waals surface area contributed by atoms with Crippen LogP contribution in [0, 0.1) is 5.82 Å². The first kappa shape index (κ1) is 19.5. The van der Waals surface area contributed by atoms with Gasteiger partial charge in [0.1, 0.15) is 17.7 Å². The van der Waals surface area contributed by atoms with Crippen LogP contribution in [-0.4, -0.2) is 44.1 Å². The van der Waals surface area contributed by atoms with Crippen molar-refractivity contribution >= 4 is 22.8 Å². The normalized spacial score (nSPS) is 12.2. The highest BCUT2D eigenvalue weighted by Crippen LogP contribution is 2.27. The van der Waals surface area contributed by atoms with Crippen molar-refractivity contribution < 1.29 is 25.2 Å².